The highest BCUT2D eigenvalue weighted by Gasteiger charge is 2.04. The molecule has 0 aliphatic carbocycles. The minimum atomic E-state index is 0.380. The topological polar surface area (TPSA) is 26.0 Å². The molecule has 13 heavy (non-hydrogen) atoms. The van der Waals surface area contributed by atoms with E-state index in [0.717, 1.165) is 5.92 Å². The van der Waals surface area contributed by atoms with Crippen LogP contribution in [0.4, 0.5) is 0 Å². The summed E-state index contributed by atoms with van der Waals surface area (Å²) >= 11 is 0. The highest BCUT2D eigenvalue weighted by Crippen LogP contribution is 2.15. The smallest absolute Gasteiger partial charge is 0.00130 e. The van der Waals surface area contributed by atoms with E-state index in [-0.39, 0.29) is 0 Å². The Morgan fingerprint density at radius 3 is 2.15 bits per heavy atom. The molecular weight excluding hydrogens is 158 g/mol. The van der Waals surface area contributed by atoms with Crippen molar-refractivity contribution in [2.75, 3.05) is 0 Å². The predicted octanol–water partition coefficient (Wildman–Crippen LogP) is 3.72. The van der Waals surface area contributed by atoms with Gasteiger partial charge in [0.15, 0.2) is 0 Å². The van der Waals surface area contributed by atoms with E-state index in [9.17, 15) is 0 Å². The van der Waals surface area contributed by atoms with E-state index < -0.39 is 0 Å². The van der Waals surface area contributed by atoms with Crippen LogP contribution in [0, 0.1) is 5.92 Å². The first-order valence-electron chi connectivity index (χ1n) is 5.92. The lowest BCUT2D eigenvalue weighted by atomic mass is 9.96. The van der Waals surface area contributed by atoms with Crippen molar-refractivity contribution >= 4 is 0 Å². The van der Waals surface area contributed by atoms with Crippen LogP contribution in [0.2, 0.25) is 0 Å². The van der Waals surface area contributed by atoms with Crippen molar-refractivity contribution < 1.29 is 0 Å². The summed E-state index contributed by atoms with van der Waals surface area (Å²) in [5.41, 5.74) is 5.75. The van der Waals surface area contributed by atoms with Gasteiger partial charge < -0.3 is 5.73 Å². The monoisotopic (exact) mass is 185 g/mol. The second kappa shape index (κ2) is 8.55. The average molecular weight is 185 g/mol. The number of rotatable bonds is 8. The van der Waals surface area contributed by atoms with E-state index >= 15 is 0 Å². The standard InChI is InChI=1S/C12H27N/c1-4-5-6-7-8-9-11(2)10-12(3)13/h11-12H,4-10,13H2,1-3H3. The fourth-order valence-electron chi connectivity index (χ4n) is 1.85. The Hall–Kier alpha value is -0.0400. The Morgan fingerprint density at radius 1 is 1.00 bits per heavy atom. The lowest BCUT2D eigenvalue weighted by Crippen LogP contribution is -2.18. The first-order valence-corrected chi connectivity index (χ1v) is 5.92. The second-order valence-electron chi connectivity index (χ2n) is 4.52. The second-order valence-corrected chi connectivity index (χ2v) is 4.52. The average Bonchev–Trinajstić information content (AvgIpc) is 2.02. The Bertz CT molecular complexity index is 99.3. The van der Waals surface area contributed by atoms with E-state index in [0.29, 0.717) is 6.04 Å². The molecule has 0 radical (unpaired) electrons. The maximum atomic E-state index is 5.75. The predicted molar refractivity (Wildman–Crippen MR) is 60.8 cm³/mol. The van der Waals surface area contributed by atoms with Gasteiger partial charge in [-0.15, -0.1) is 0 Å². The first kappa shape index (κ1) is 13.0. The molecule has 0 aromatic carbocycles. The molecule has 0 aromatic rings. The van der Waals surface area contributed by atoms with Gasteiger partial charge in [0.1, 0.15) is 0 Å². The summed E-state index contributed by atoms with van der Waals surface area (Å²) in [5, 5.41) is 0. The molecule has 2 N–H and O–H groups in total. The molecule has 2 atom stereocenters. The van der Waals surface area contributed by atoms with Gasteiger partial charge in [-0.3, -0.25) is 0 Å². The Morgan fingerprint density at radius 2 is 1.62 bits per heavy atom. The van der Waals surface area contributed by atoms with Crippen LogP contribution in [0.25, 0.3) is 0 Å². The van der Waals surface area contributed by atoms with Crippen molar-refractivity contribution in [1.29, 1.82) is 0 Å². The van der Waals surface area contributed by atoms with Crippen molar-refractivity contribution in [2.45, 2.75) is 71.8 Å². The summed E-state index contributed by atoms with van der Waals surface area (Å²) in [6.45, 7) is 6.69. The van der Waals surface area contributed by atoms with Crippen molar-refractivity contribution in [3.8, 4) is 0 Å². The first-order chi connectivity index (χ1) is 6.16. The molecule has 1 nitrogen and oxygen atoms in total. The fourth-order valence-corrected chi connectivity index (χ4v) is 1.85. The molecule has 0 rings (SSSR count). The van der Waals surface area contributed by atoms with Crippen LogP contribution in [-0.4, -0.2) is 6.04 Å². The van der Waals surface area contributed by atoms with Crippen molar-refractivity contribution in [2.24, 2.45) is 11.7 Å². The minimum Gasteiger partial charge on any atom is -0.328 e. The van der Waals surface area contributed by atoms with Crippen LogP contribution in [0.15, 0.2) is 0 Å². The molecule has 0 aromatic heterocycles. The zero-order chi connectivity index (χ0) is 10.1. The summed E-state index contributed by atoms with van der Waals surface area (Å²) in [6.07, 6.45) is 9.53. The van der Waals surface area contributed by atoms with Crippen molar-refractivity contribution in [1.82, 2.24) is 0 Å². The SMILES string of the molecule is CCCCCCCC(C)CC(C)N. The van der Waals surface area contributed by atoms with Gasteiger partial charge in [0.2, 0.25) is 0 Å². The summed E-state index contributed by atoms with van der Waals surface area (Å²) in [6, 6.07) is 0.380. The van der Waals surface area contributed by atoms with E-state index in [1.54, 1.807) is 0 Å². The number of unbranched alkanes of at least 4 members (excludes halogenated alkanes) is 4. The minimum absolute atomic E-state index is 0.380. The lowest BCUT2D eigenvalue weighted by Gasteiger charge is -2.13. The fraction of sp³-hybridized carbons (Fsp3) is 1.00. The summed E-state index contributed by atoms with van der Waals surface area (Å²) < 4.78 is 0. The molecule has 0 spiro atoms. The third kappa shape index (κ3) is 9.88. The molecule has 0 saturated carbocycles. The summed E-state index contributed by atoms with van der Waals surface area (Å²) in [4.78, 5) is 0. The summed E-state index contributed by atoms with van der Waals surface area (Å²) in [5.74, 6) is 0.821. The maximum absolute atomic E-state index is 5.75. The molecule has 0 amide bonds. The zero-order valence-corrected chi connectivity index (χ0v) is 9.68. The molecule has 1 heteroatoms. The van der Waals surface area contributed by atoms with Gasteiger partial charge in [0, 0.05) is 6.04 Å². The van der Waals surface area contributed by atoms with E-state index in [1.807, 2.05) is 0 Å². The van der Waals surface area contributed by atoms with Crippen LogP contribution in [-0.2, 0) is 0 Å². The molecule has 0 saturated heterocycles. The van der Waals surface area contributed by atoms with Gasteiger partial charge in [-0.1, -0.05) is 52.4 Å². The molecule has 0 bridgehead atoms. The highest BCUT2D eigenvalue weighted by molar-refractivity contribution is 4.60. The van der Waals surface area contributed by atoms with Gasteiger partial charge in [-0.25, -0.2) is 0 Å². The maximum Gasteiger partial charge on any atom is 0.00130 e. The molecular formula is C12H27N. The Kier molecular flexibility index (Phi) is 8.53. The van der Waals surface area contributed by atoms with Gasteiger partial charge in [-0.05, 0) is 19.3 Å². The molecule has 0 aliphatic heterocycles. The van der Waals surface area contributed by atoms with Gasteiger partial charge in [0.25, 0.3) is 0 Å². The largest absolute Gasteiger partial charge is 0.328 e. The Balaban J connectivity index is 3.12. The highest BCUT2D eigenvalue weighted by atomic mass is 14.6. The van der Waals surface area contributed by atoms with Crippen LogP contribution in [0.3, 0.4) is 0 Å². The van der Waals surface area contributed by atoms with Gasteiger partial charge >= 0.3 is 0 Å². The van der Waals surface area contributed by atoms with Gasteiger partial charge in [-0.2, -0.15) is 0 Å². The summed E-state index contributed by atoms with van der Waals surface area (Å²) in [7, 11) is 0. The van der Waals surface area contributed by atoms with Crippen LogP contribution in [0.5, 0.6) is 0 Å². The molecule has 0 aliphatic rings. The van der Waals surface area contributed by atoms with Crippen LogP contribution < -0.4 is 5.73 Å². The molecule has 0 fully saturated rings. The number of hydrogen-bond donors (Lipinski definition) is 1. The van der Waals surface area contributed by atoms with Crippen LogP contribution >= 0.6 is 0 Å². The molecule has 2 unspecified atom stereocenters. The van der Waals surface area contributed by atoms with E-state index in [2.05, 4.69) is 20.8 Å². The number of hydrogen-bond acceptors (Lipinski definition) is 1. The number of nitrogens with two attached hydrogens (primary N) is 1. The van der Waals surface area contributed by atoms with Crippen LogP contribution in [0.1, 0.15) is 65.7 Å². The van der Waals surface area contributed by atoms with Gasteiger partial charge in [0.05, 0.1) is 0 Å². The third-order valence-electron chi connectivity index (χ3n) is 2.57. The molecule has 0 heterocycles. The third-order valence-corrected chi connectivity index (χ3v) is 2.57. The Labute approximate surface area is 84.1 Å². The molecule has 80 valence electrons. The van der Waals surface area contributed by atoms with E-state index in [4.69, 9.17) is 5.73 Å². The quantitative estimate of drug-likeness (QED) is 0.573. The van der Waals surface area contributed by atoms with Crippen molar-refractivity contribution in [3.63, 3.8) is 0 Å². The zero-order valence-electron chi connectivity index (χ0n) is 9.68. The lowest BCUT2D eigenvalue weighted by molar-refractivity contribution is 0.428. The van der Waals surface area contributed by atoms with Crippen molar-refractivity contribution in [3.05, 3.63) is 0 Å². The normalized spacial score (nSPS) is 15.7. The van der Waals surface area contributed by atoms with E-state index in [1.165, 1.54) is 44.9 Å².